The Kier molecular flexibility index (Phi) is 4.49. The van der Waals surface area contributed by atoms with Crippen LogP contribution in [0.4, 0.5) is 0 Å². The molecule has 2 aromatic rings. The number of aliphatic hydroxyl groups is 1. The highest BCUT2D eigenvalue weighted by molar-refractivity contribution is 9.11. The van der Waals surface area contributed by atoms with E-state index >= 15 is 0 Å². The molecular weight excluding hydrogens is 320 g/mol. The number of thiophene rings is 1. The van der Waals surface area contributed by atoms with Crippen molar-refractivity contribution in [1.82, 2.24) is 0 Å². The second-order valence-corrected chi connectivity index (χ2v) is 8.14. The molecule has 0 radical (unpaired) electrons. The molecule has 0 saturated carbocycles. The van der Waals surface area contributed by atoms with Crippen LogP contribution in [0.25, 0.3) is 0 Å². The molecule has 19 heavy (non-hydrogen) atoms. The van der Waals surface area contributed by atoms with Crippen molar-refractivity contribution in [1.29, 1.82) is 0 Å². The summed E-state index contributed by atoms with van der Waals surface area (Å²) in [4.78, 5) is 0. The number of aliphatic hydroxyl groups excluding tert-OH is 1. The number of hydrogen-bond donors (Lipinski definition) is 1. The van der Waals surface area contributed by atoms with Gasteiger partial charge in [0.25, 0.3) is 0 Å². The van der Waals surface area contributed by atoms with Gasteiger partial charge in [-0.05, 0) is 49.5 Å². The van der Waals surface area contributed by atoms with Gasteiger partial charge in [-0.3, -0.25) is 0 Å². The number of hydrogen-bond acceptors (Lipinski definition) is 2. The molecule has 102 valence electrons. The quantitative estimate of drug-likeness (QED) is 0.826. The fourth-order valence-corrected chi connectivity index (χ4v) is 3.20. The molecule has 0 aliphatic rings. The third-order valence-electron chi connectivity index (χ3n) is 3.22. The monoisotopic (exact) mass is 338 g/mol. The minimum Gasteiger partial charge on any atom is -0.388 e. The van der Waals surface area contributed by atoms with E-state index in [0.717, 1.165) is 9.35 Å². The third-order valence-corrected chi connectivity index (χ3v) is 4.74. The average Bonchev–Trinajstić information content (AvgIpc) is 2.75. The summed E-state index contributed by atoms with van der Waals surface area (Å²) in [6.07, 6.45) is 0.233. The summed E-state index contributed by atoms with van der Waals surface area (Å²) < 4.78 is 1.06. The smallest absolute Gasteiger partial charge is 0.0838 e. The molecule has 0 bridgehead atoms. The van der Waals surface area contributed by atoms with E-state index in [2.05, 4.69) is 61.0 Å². The van der Waals surface area contributed by atoms with Crippen molar-refractivity contribution in [3.8, 4) is 0 Å². The highest BCUT2D eigenvalue weighted by Gasteiger charge is 2.14. The summed E-state index contributed by atoms with van der Waals surface area (Å²) in [5, 5.41) is 12.2. The number of halogens is 1. The largest absolute Gasteiger partial charge is 0.388 e. The molecule has 0 aliphatic carbocycles. The van der Waals surface area contributed by atoms with Crippen LogP contribution in [0.2, 0.25) is 0 Å². The summed E-state index contributed by atoms with van der Waals surface area (Å²) >= 11 is 5.03. The molecule has 1 unspecified atom stereocenters. The van der Waals surface area contributed by atoms with Crippen molar-refractivity contribution in [3.05, 3.63) is 56.2 Å². The Morgan fingerprint density at radius 1 is 1.21 bits per heavy atom. The molecule has 1 N–H and O–H groups in total. The van der Waals surface area contributed by atoms with Gasteiger partial charge in [-0.2, -0.15) is 0 Å². The first kappa shape index (κ1) is 14.8. The van der Waals surface area contributed by atoms with Gasteiger partial charge in [-0.25, -0.2) is 0 Å². The Labute approximate surface area is 127 Å². The van der Waals surface area contributed by atoms with E-state index in [4.69, 9.17) is 0 Å². The molecular formula is C16H19BrOS. The Morgan fingerprint density at radius 2 is 1.84 bits per heavy atom. The predicted octanol–water partition coefficient (Wildman–Crippen LogP) is 5.08. The van der Waals surface area contributed by atoms with Crippen LogP contribution < -0.4 is 0 Å². The van der Waals surface area contributed by atoms with E-state index in [1.807, 2.05) is 11.4 Å². The molecule has 0 spiro atoms. The van der Waals surface area contributed by atoms with Crippen LogP contribution in [0.5, 0.6) is 0 Å². The highest BCUT2D eigenvalue weighted by atomic mass is 79.9. The van der Waals surface area contributed by atoms with Crippen molar-refractivity contribution in [2.75, 3.05) is 0 Å². The van der Waals surface area contributed by atoms with Crippen LogP contribution in [-0.2, 0) is 11.8 Å². The molecule has 0 saturated heterocycles. The normalized spacial score (nSPS) is 13.5. The summed E-state index contributed by atoms with van der Waals surface area (Å²) in [6, 6.07) is 10.5. The van der Waals surface area contributed by atoms with Crippen LogP contribution in [0, 0.1) is 0 Å². The molecule has 3 heteroatoms. The molecule has 0 fully saturated rings. The summed E-state index contributed by atoms with van der Waals surface area (Å²) in [5.74, 6) is 0. The minimum atomic E-state index is -0.428. The number of benzene rings is 1. The van der Waals surface area contributed by atoms with Crippen molar-refractivity contribution < 1.29 is 5.11 Å². The summed E-state index contributed by atoms with van der Waals surface area (Å²) in [7, 11) is 0. The van der Waals surface area contributed by atoms with Gasteiger partial charge in [0.15, 0.2) is 0 Å². The zero-order valence-corrected chi connectivity index (χ0v) is 13.9. The fourth-order valence-electron chi connectivity index (χ4n) is 1.98. The van der Waals surface area contributed by atoms with Gasteiger partial charge in [0.1, 0.15) is 0 Å². The van der Waals surface area contributed by atoms with Gasteiger partial charge in [0.2, 0.25) is 0 Å². The van der Waals surface area contributed by atoms with Gasteiger partial charge in [0.05, 0.1) is 9.89 Å². The molecule has 1 aromatic heterocycles. The summed E-state index contributed by atoms with van der Waals surface area (Å²) in [5.41, 5.74) is 3.65. The zero-order valence-electron chi connectivity index (χ0n) is 11.5. The van der Waals surface area contributed by atoms with Gasteiger partial charge in [-0.1, -0.05) is 45.0 Å². The average molecular weight is 339 g/mol. The maximum Gasteiger partial charge on any atom is 0.0838 e. The van der Waals surface area contributed by atoms with E-state index in [9.17, 15) is 5.11 Å². The van der Waals surface area contributed by atoms with Crippen LogP contribution >= 0.6 is 27.3 Å². The van der Waals surface area contributed by atoms with E-state index in [1.54, 1.807) is 11.3 Å². The molecule has 1 atom stereocenters. The van der Waals surface area contributed by atoms with Crippen LogP contribution in [0.15, 0.2) is 39.5 Å². The lowest BCUT2D eigenvalue weighted by Gasteiger charge is -2.19. The molecule has 0 aliphatic heterocycles. The van der Waals surface area contributed by atoms with E-state index in [-0.39, 0.29) is 5.41 Å². The fraction of sp³-hybridized carbons (Fsp3) is 0.375. The first-order chi connectivity index (χ1) is 8.86. The Morgan fingerprint density at radius 3 is 2.32 bits per heavy atom. The lowest BCUT2D eigenvalue weighted by Crippen LogP contribution is -2.11. The molecule has 2 rings (SSSR count). The standard InChI is InChI=1S/C16H19BrOS/c1-16(2,3)13-6-4-11(5-7-13)8-14(18)12-9-15(17)19-10-12/h4-7,9-10,14,18H,8H2,1-3H3. The zero-order chi connectivity index (χ0) is 14.0. The van der Waals surface area contributed by atoms with Gasteiger partial charge < -0.3 is 5.11 Å². The van der Waals surface area contributed by atoms with Crippen molar-refractivity contribution in [2.24, 2.45) is 0 Å². The lowest BCUT2D eigenvalue weighted by molar-refractivity contribution is 0.179. The molecule has 1 aromatic carbocycles. The van der Waals surface area contributed by atoms with E-state index in [0.29, 0.717) is 6.42 Å². The van der Waals surface area contributed by atoms with Crippen molar-refractivity contribution in [3.63, 3.8) is 0 Å². The van der Waals surface area contributed by atoms with Crippen molar-refractivity contribution >= 4 is 27.3 Å². The topological polar surface area (TPSA) is 20.2 Å². The highest BCUT2D eigenvalue weighted by Crippen LogP contribution is 2.28. The van der Waals surface area contributed by atoms with Gasteiger partial charge in [0, 0.05) is 6.42 Å². The van der Waals surface area contributed by atoms with Gasteiger partial charge in [-0.15, -0.1) is 11.3 Å². The molecule has 1 heterocycles. The van der Waals surface area contributed by atoms with Crippen LogP contribution in [0.1, 0.15) is 43.6 Å². The van der Waals surface area contributed by atoms with Crippen molar-refractivity contribution in [2.45, 2.75) is 38.7 Å². The lowest BCUT2D eigenvalue weighted by atomic mass is 9.86. The number of rotatable bonds is 3. The van der Waals surface area contributed by atoms with E-state index < -0.39 is 6.10 Å². The Bertz CT molecular complexity index is 537. The molecule has 1 nitrogen and oxygen atoms in total. The summed E-state index contributed by atoms with van der Waals surface area (Å²) in [6.45, 7) is 6.62. The van der Waals surface area contributed by atoms with Crippen LogP contribution in [0.3, 0.4) is 0 Å². The third kappa shape index (κ3) is 3.91. The Balaban J connectivity index is 2.07. The maximum atomic E-state index is 10.2. The maximum absolute atomic E-state index is 10.2. The molecule has 0 amide bonds. The first-order valence-electron chi connectivity index (χ1n) is 6.37. The second kappa shape index (κ2) is 5.78. The SMILES string of the molecule is CC(C)(C)c1ccc(CC(O)c2csc(Br)c2)cc1. The first-order valence-corrected chi connectivity index (χ1v) is 8.05. The van der Waals surface area contributed by atoms with E-state index in [1.165, 1.54) is 11.1 Å². The minimum absolute atomic E-state index is 0.176. The Hall–Kier alpha value is -0.640. The van der Waals surface area contributed by atoms with Crippen LogP contribution in [-0.4, -0.2) is 5.11 Å². The van der Waals surface area contributed by atoms with Gasteiger partial charge >= 0.3 is 0 Å². The predicted molar refractivity (Wildman–Crippen MR) is 85.8 cm³/mol. The second-order valence-electron chi connectivity index (χ2n) is 5.85.